The second-order valence-corrected chi connectivity index (χ2v) is 3.57. The summed E-state index contributed by atoms with van der Waals surface area (Å²) >= 11 is 0. The first-order chi connectivity index (χ1) is 5.33. The summed E-state index contributed by atoms with van der Waals surface area (Å²) in [7, 11) is 0. The van der Waals surface area contributed by atoms with Gasteiger partial charge in [0.1, 0.15) is 0 Å². The molecule has 1 atom stereocenters. The lowest BCUT2D eigenvalue weighted by atomic mass is 9.79. The van der Waals surface area contributed by atoms with Gasteiger partial charge in [-0.15, -0.1) is 0 Å². The molecule has 3 heteroatoms. The molecule has 2 fully saturated rings. The van der Waals surface area contributed by atoms with Crippen molar-refractivity contribution in [3.63, 3.8) is 0 Å². The molecule has 3 nitrogen and oxygen atoms in total. The number of carbonyl (C=O) groups excluding carboxylic acids is 1. The molecule has 0 aromatic carbocycles. The van der Waals surface area contributed by atoms with Gasteiger partial charge in [0.05, 0.1) is 5.41 Å². The predicted molar refractivity (Wildman–Crippen MR) is 42.2 cm³/mol. The maximum Gasteiger partial charge on any atom is 0.227 e. The van der Waals surface area contributed by atoms with Gasteiger partial charge in [-0.25, -0.2) is 0 Å². The van der Waals surface area contributed by atoms with Crippen molar-refractivity contribution in [3.8, 4) is 0 Å². The lowest BCUT2D eigenvalue weighted by Crippen LogP contribution is -2.47. The Morgan fingerprint density at radius 3 is 2.82 bits per heavy atom. The van der Waals surface area contributed by atoms with Gasteiger partial charge in [-0.05, 0) is 25.8 Å². The second-order valence-electron chi connectivity index (χ2n) is 3.57. The van der Waals surface area contributed by atoms with Crippen LogP contribution >= 0.6 is 0 Å². The fourth-order valence-electron chi connectivity index (χ4n) is 2.08. The molecule has 0 aromatic rings. The van der Waals surface area contributed by atoms with E-state index in [0.717, 1.165) is 38.9 Å². The third kappa shape index (κ3) is 1.03. The standard InChI is InChI=1S/C8H14N2O/c11-7-8(2-1-4-10-7)3-5-9-6-8/h9H,1-6H2,(H,10,11). The Morgan fingerprint density at radius 2 is 2.18 bits per heavy atom. The van der Waals surface area contributed by atoms with Gasteiger partial charge in [-0.2, -0.15) is 0 Å². The van der Waals surface area contributed by atoms with Gasteiger partial charge >= 0.3 is 0 Å². The van der Waals surface area contributed by atoms with Crippen molar-refractivity contribution < 1.29 is 4.79 Å². The highest BCUT2D eigenvalue weighted by Gasteiger charge is 2.42. The van der Waals surface area contributed by atoms with Gasteiger partial charge in [-0.1, -0.05) is 0 Å². The molecule has 2 N–H and O–H groups in total. The van der Waals surface area contributed by atoms with Crippen molar-refractivity contribution in [1.29, 1.82) is 0 Å². The number of rotatable bonds is 0. The Labute approximate surface area is 66.5 Å². The van der Waals surface area contributed by atoms with Crippen molar-refractivity contribution in [1.82, 2.24) is 10.6 Å². The molecule has 1 amide bonds. The van der Waals surface area contributed by atoms with Crippen LogP contribution < -0.4 is 10.6 Å². The number of carbonyl (C=O) groups is 1. The first-order valence-electron chi connectivity index (χ1n) is 4.33. The molecule has 0 bridgehead atoms. The molecule has 1 spiro atoms. The van der Waals surface area contributed by atoms with Crippen LogP contribution in [0.25, 0.3) is 0 Å². The van der Waals surface area contributed by atoms with E-state index in [0.29, 0.717) is 0 Å². The van der Waals surface area contributed by atoms with E-state index in [-0.39, 0.29) is 11.3 Å². The Kier molecular flexibility index (Phi) is 1.60. The van der Waals surface area contributed by atoms with E-state index in [4.69, 9.17) is 0 Å². The first-order valence-corrected chi connectivity index (χ1v) is 4.33. The fourth-order valence-corrected chi connectivity index (χ4v) is 2.08. The number of hydrogen-bond donors (Lipinski definition) is 2. The van der Waals surface area contributed by atoms with Crippen molar-refractivity contribution in [2.24, 2.45) is 5.41 Å². The third-order valence-electron chi connectivity index (χ3n) is 2.84. The fraction of sp³-hybridized carbons (Fsp3) is 0.875. The minimum absolute atomic E-state index is 0.0295. The van der Waals surface area contributed by atoms with E-state index in [2.05, 4.69) is 10.6 Å². The van der Waals surface area contributed by atoms with Crippen LogP contribution in [0.1, 0.15) is 19.3 Å². The summed E-state index contributed by atoms with van der Waals surface area (Å²) in [4.78, 5) is 11.5. The largest absolute Gasteiger partial charge is 0.356 e. The number of amides is 1. The Morgan fingerprint density at radius 1 is 1.27 bits per heavy atom. The maximum absolute atomic E-state index is 11.5. The van der Waals surface area contributed by atoms with E-state index in [1.54, 1.807) is 0 Å². The normalized spacial score (nSPS) is 37.6. The molecule has 2 aliphatic rings. The molecule has 0 aliphatic carbocycles. The summed E-state index contributed by atoms with van der Waals surface area (Å²) in [6.07, 6.45) is 3.25. The third-order valence-corrected chi connectivity index (χ3v) is 2.84. The molecular formula is C8H14N2O. The van der Waals surface area contributed by atoms with Gasteiger partial charge in [0.2, 0.25) is 5.91 Å². The summed E-state index contributed by atoms with van der Waals surface area (Å²) < 4.78 is 0. The number of hydrogen-bond acceptors (Lipinski definition) is 2. The average molecular weight is 154 g/mol. The van der Waals surface area contributed by atoms with Crippen LogP contribution in [0.4, 0.5) is 0 Å². The molecular weight excluding hydrogens is 140 g/mol. The van der Waals surface area contributed by atoms with Gasteiger partial charge in [-0.3, -0.25) is 4.79 Å². The summed E-state index contributed by atoms with van der Waals surface area (Å²) in [6.45, 7) is 2.77. The molecule has 2 aliphatic heterocycles. The van der Waals surface area contributed by atoms with Crippen LogP contribution in [-0.4, -0.2) is 25.5 Å². The Hall–Kier alpha value is -0.570. The van der Waals surface area contributed by atoms with E-state index in [1.807, 2.05) is 0 Å². The van der Waals surface area contributed by atoms with Gasteiger partial charge in [0.15, 0.2) is 0 Å². The van der Waals surface area contributed by atoms with E-state index in [1.165, 1.54) is 0 Å². The molecule has 2 rings (SSSR count). The molecule has 0 saturated carbocycles. The van der Waals surface area contributed by atoms with Crippen LogP contribution in [-0.2, 0) is 4.79 Å². The SMILES string of the molecule is O=C1NCCCC12CCNC2. The highest BCUT2D eigenvalue weighted by Crippen LogP contribution is 2.33. The van der Waals surface area contributed by atoms with Crippen LogP contribution in [0.2, 0.25) is 0 Å². The molecule has 1 unspecified atom stereocenters. The summed E-state index contributed by atoms with van der Waals surface area (Å²) in [6, 6.07) is 0. The highest BCUT2D eigenvalue weighted by molar-refractivity contribution is 5.83. The van der Waals surface area contributed by atoms with E-state index in [9.17, 15) is 4.79 Å². The minimum Gasteiger partial charge on any atom is -0.356 e. The highest BCUT2D eigenvalue weighted by atomic mass is 16.2. The zero-order chi connectivity index (χ0) is 7.73. The number of nitrogens with one attached hydrogen (secondary N) is 2. The molecule has 2 heterocycles. The smallest absolute Gasteiger partial charge is 0.227 e. The lowest BCUT2D eigenvalue weighted by Gasteiger charge is -2.31. The Bertz CT molecular complexity index is 173. The van der Waals surface area contributed by atoms with Crippen LogP contribution in [0, 0.1) is 5.41 Å². The second kappa shape index (κ2) is 2.48. The lowest BCUT2D eigenvalue weighted by molar-refractivity contribution is -0.132. The van der Waals surface area contributed by atoms with Crippen molar-refractivity contribution in [2.75, 3.05) is 19.6 Å². The molecule has 0 aromatic heterocycles. The molecule has 62 valence electrons. The zero-order valence-corrected chi connectivity index (χ0v) is 6.65. The first kappa shape index (κ1) is 7.10. The van der Waals surface area contributed by atoms with Gasteiger partial charge < -0.3 is 10.6 Å². The maximum atomic E-state index is 11.5. The topological polar surface area (TPSA) is 41.1 Å². The van der Waals surface area contributed by atoms with Gasteiger partial charge in [0.25, 0.3) is 0 Å². The van der Waals surface area contributed by atoms with Crippen LogP contribution in [0.3, 0.4) is 0 Å². The summed E-state index contributed by atoms with van der Waals surface area (Å²) in [5.74, 6) is 0.272. The molecule has 2 saturated heterocycles. The monoisotopic (exact) mass is 154 g/mol. The average Bonchev–Trinajstić information content (AvgIpc) is 2.46. The van der Waals surface area contributed by atoms with Gasteiger partial charge in [0, 0.05) is 13.1 Å². The van der Waals surface area contributed by atoms with Crippen molar-refractivity contribution in [3.05, 3.63) is 0 Å². The summed E-state index contributed by atoms with van der Waals surface area (Å²) in [5.41, 5.74) is -0.0295. The summed E-state index contributed by atoms with van der Waals surface area (Å²) in [5, 5.41) is 6.19. The minimum atomic E-state index is -0.0295. The van der Waals surface area contributed by atoms with Crippen molar-refractivity contribution in [2.45, 2.75) is 19.3 Å². The quantitative estimate of drug-likeness (QED) is 0.510. The van der Waals surface area contributed by atoms with Crippen LogP contribution in [0.15, 0.2) is 0 Å². The number of piperidine rings is 1. The predicted octanol–water partition coefficient (Wildman–Crippen LogP) is -0.124. The zero-order valence-electron chi connectivity index (χ0n) is 6.65. The molecule has 0 radical (unpaired) electrons. The van der Waals surface area contributed by atoms with Crippen molar-refractivity contribution >= 4 is 5.91 Å². The van der Waals surface area contributed by atoms with E-state index >= 15 is 0 Å². The Balaban J connectivity index is 2.13. The molecule has 11 heavy (non-hydrogen) atoms. The van der Waals surface area contributed by atoms with E-state index < -0.39 is 0 Å². The van der Waals surface area contributed by atoms with Crippen LogP contribution in [0.5, 0.6) is 0 Å².